The van der Waals surface area contributed by atoms with Crippen LogP contribution in [-0.2, 0) is 4.74 Å². The van der Waals surface area contributed by atoms with Gasteiger partial charge in [-0.15, -0.1) is 0 Å². The fourth-order valence-electron chi connectivity index (χ4n) is 3.82. The van der Waals surface area contributed by atoms with Gasteiger partial charge in [0, 0.05) is 24.1 Å². The smallest absolute Gasteiger partial charge is 0.427 e. The van der Waals surface area contributed by atoms with Crippen LogP contribution in [0.2, 0.25) is 0 Å². The van der Waals surface area contributed by atoms with Gasteiger partial charge in [0.05, 0.1) is 18.1 Å². The average Bonchev–Trinajstić information content (AvgIpc) is 2.79. The van der Waals surface area contributed by atoms with Crippen LogP contribution in [0.25, 0.3) is 11.0 Å². The molecular formula is C24H27N3O5. The molecule has 1 amide bonds. The first kappa shape index (κ1) is 23.0. The van der Waals surface area contributed by atoms with E-state index < -0.39 is 17.6 Å². The lowest BCUT2D eigenvalue weighted by molar-refractivity contribution is 0.171. The zero-order valence-corrected chi connectivity index (χ0v) is 18.5. The van der Waals surface area contributed by atoms with E-state index in [9.17, 15) is 14.7 Å². The molecule has 1 aromatic heterocycles. The topological polar surface area (TPSA) is 104 Å². The lowest BCUT2D eigenvalue weighted by Crippen LogP contribution is -2.35. The number of rotatable bonds is 7. The van der Waals surface area contributed by atoms with Crippen molar-refractivity contribution in [2.75, 3.05) is 27.7 Å². The minimum absolute atomic E-state index is 0.122. The van der Waals surface area contributed by atoms with Crippen molar-refractivity contribution in [3.05, 3.63) is 76.1 Å². The van der Waals surface area contributed by atoms with Gasteiger partial charge in [-0.05, 0) is 38.7 Å². The summed E-state index contributed by atoms with van der Waals surface area (Å²) in [5.41, 5.74) is 3.56. The number of hydrazone groups is 1. The fraction of sp³-hybridized carbons (Fsp3) is 0.292. The van der Waals surface area contributed by atoms with E-state index in [1.807, 2.05) is 49.3 Å². The zero-order chi connectivity index (χ0) is 23.3. The molecular weight excluding hydrogens is 410 g/mol. The first-order valence-electron chi connectivity index (χ1n) is 10.2. The second-order valence-electron chi connectivity index (χ2n) is 7.76. The van der Waals surface area contributed by atoms with Gasteiger partial charge in [-0.3, -0.25) is 0 Å². The Labute approximate surface area is 186 Å². The first-order valence-corrected chi connectivity index (χ1v) is 10.2. The molecule has 0 aliphatic carbocycles. The molecule has 3 rings (SSSR count). The molecule has 0 unspecified atom stereocenters. The second kappa shape index (κ2) is 10.1. The van der Waals surface area contributed by atoms with Gasteiger partial charge in [-0.2, -0.15) is 5.10 Å². The van der Waals surface area contributed by atoms with Crippen molar-refractivity contribution in [2.45, 2.75) is 12.8 Å². The Bertz CT molecular complexity index is 1170. The Balaban J connectivity index is 2.25. The summed E-state index contributed by atoms with van der Waals surface area (Å²) in [6, 6.07) is 16.3. The minimum Gasteiger partial charge on any atom is -0.507 e. The highest BCUT2D eigenvalue weighted by atomic mass is 16.5. The van der Waals surface area contributed by atoms with Gasteiger partial charge in [-0.25, -0.2) is 15.0 Å². The van der Waals surface area contributed by atoms with Crippen LogP contribution in [0.3, 0.4) is 0 Å². The monoisotopic (exact) mass is 437 g/mol. The number of nitrogens with one attached hydrogen (secondary N) is 1. The number of methoxy groups -OCH3 is 1. The SMILES string of the molecule is COC(=O)N/N=C(\C)[C@@H](CN(C)C)[C@@H](c1ccccc1)c1c(O)c2ccccc2oc1=O. The number of carbonyl (C=O) groups excluding carboxylic acids is 1. The molecule has 0 fully saturated rings. The Morgan fingerprint density at radius 1 is 1.16 bits per heavy atom. The number of ether oxygens (including phenoxy) is 1. The third-order valence-corrected chi connectivity index (χ3v) is 5.30. The van der Waals surface area contributed by atoms with E-state index in [4.69, 9.17) is 4.42 Å². The third-order valence-electron chi connectivity index (χ3n) is 5.30. The number of nitrogens with zero attached hydrogens (tertiary/aromatic N) is 2. The van der Waals surface area contributed by atoms with E-state index >= 15 is 0 Å². The molecule has 0 radical (unpaired) electrons. The molecule has 0 saturated heterocycles. The van der Waals surface area contributed by atoms with Crippen LogP contribution in [0.5, 0.6) is 5.75 Å². The lowest BCUT2D eigenvalue weighted by Gasteiger charge is -2.30. The molecule has 32 heavy (non-hydrogen) atoms. The molecule has 168 valence electrons. The molecule has 3 aromatic rings. The summed E-state index contributed by atoms with van der Waals surface area (Å²) in [6.45, 7) is 2.25. The number of para-hydroxylation sites is 1. The molecule has 0 bridgehead atoms. The number of aromatic hydroxyl groups is 1. The molecule has 1 heterocycles. The van der Waals surface area contributed by atoms with Crippen LogP contribution in [0, 0.1) is 5.92 Å². The fourth-order valence-corrected chi connectivity index (χ4v) is 3.82. The summed E-state index contributed by atoms with van der Waals surface area (Å²) >= 11 is 0. The van der Waals surface area contributed by atoms with E-state index in [-0.39, 0.29) is 17.2 Å². The summed E-state index contributed by atoms with van der Waals surface area (Å²) in [7, 11) is 5.06. The third kappa shape index (κ3) is 4.97. The molecule has 0 aliphatic heterocycles. The maximum absolute atomic E-state index is 13.1. The second-order valence-corrected chi connectivity index (χ2v) is 7.76. The molecule has 0 aliphatic rings. The van der Waals surface area contributed by atoms with Crippen LogP contribution in [-0.4, -0.2) is 49.6 Å². The number of benzene rings is 2. The summed E-state index contributed by atoms with van der Waals surface area (Å²) < 4.78 is 10.2. The van der Waals surface area contributed by atoms with E-state index in [0.29, 0.717) is 23.2 Å². The molecule has 0 saturated carbocycles. The normalized spacial score (nSPS) is 13.7. The highest BCUT2D eigenvalue weighted by Crippen LogP contribution is 2.39. The van der Waals surface area contributed by atoms with E-state index in [2.05, 4.69) is 15.3 Å². The van der Waals surface area contributed by atoms with Crippen LogP contribution in [0.1, 0.15) is 24.0 Å². The lowest BCUT2D eigenvalue weighted by atomic mass is 9.78. The highest BCUT2D eigenvalue weighted by molar-refractivity contribution is 5.88. The van der Waals surface area contributed by atoms with Gasteiger partial charge < -0.3 is 19.2 Å². The van der Waals surface area contributed by atoms with E-state index in [1.165, 1.54) is 7.11 Å². The number of carbonyl (C=O) groups is 1. The summed E-state index contributed by atoms with van der Waals surface area (Å²) in [6.07, 6.45) is -0.697. The van der Waals surface area contributed by atoms with Gasteiger partial charge in [0.1, 0.15) is 11.3 Å². The van der Waals surface area contributed by atoms with Crippen LogP contribution < -0.4 is 11.1 Å². The Hall–Kier alpha value is -3.65. The van der Waals surface area contributed by atoms with Crippen molar-refractivity contribution in [1.82, 2.24) is 10.3 Å². The van der Waals surface area contributed by atoms with E-state index in [1.54, 1.807) is 31.2 Å². The van der Waals surface area contributed by atoms with Gasteiger partial charge in [0.2, 0.25) is 0 Å². The minimum atomic E-state index is -0.697. The largest absolute Gasteiger partial charge is 0.507 e. The van der Waals surface area contributed by atoms with E-state index in [0.717, 1.165) is 5.56 Å². The Morgan fingerprint density at radius 2 is 1.81 bits per heavy atom. The summed E-state index contributed by atoms with van der Waals surface area (Å²) in [5, 5.41) is 15.8. The van der Waals surface area contributed by atoms with Crippen molar-refractivity contribution >= 4 is 22.8 Å². The molecule has 2 N–H and O–H groups in total. The predicted molar refractivity (Wildman–Crippen MR) is 123 cm³/mol. The van der Waals surface area contributed by atoms with Crippen LogP contribution >= 0.6 is 0 Å². The van der Waals surface area contributed by atoms with Gasteiger partial charge in [0.25, 0.3) is 0 Å². The first-order chi connectivity index (χ1) is 15.3. The van der Waals surface area contributed by atoms with Crippen LogP contribution in [0.4, 0.5) is 4.79 Å². The van der Waals surface area contributed by atoms with Gasteiger partial charge in [0.15, 0.2) is 0 Å². The molecule has 2 atom stereocenters. The summed E-state index contributed by atoms with van der Waals surface area (Å²) in [4.78, 5) is 26.6. The van der Waals surface area contributed by atoms with Gasteiger partial charge in [-0.1, -0.05) is 42.5 Å². The molecule has 8 nitrogen and oxygen atoms in total. The van der Waals surface area contributed by atoms with Gasteiger partial charge >= 0.3 is 11.7 Å². The number of hydrogen-bond acceptors (Lipinski definition) is 7. The average molecular weight is 437 g/mol. The zero-order valence-electron chi connectivity index (χ0n) is 18.5. The quantitative estimate of drug-likeness (QED) is 0.333. The van der Waals surface area contributed by atoms with Crippen molar-refractivity contribution in [3.63, 3.8) is 0 Å². The number of fused-ring (bicyclic) bond motifs is 1. The van der Waals surface area contributed by atoms with Crippen molar-refractivity contribution in [3.8, 4) is 5.75 Å². The highest BCUT2D eigenvalue weighted by Gasteiger charge is 2.34. The van der Waals surface area contributed by atoms with Crippen LogP contribution in [0.15, 0.2) is 68.9 Å². The Kier molecular flexibility index (Phi) is 7.27. The molecule has 2 aromatic carbocycles. The maximum atomic E-state index is 13.1. The standard InChI is InChI=1S/C24H27N3O5/c1-15(25-26-24(30)31-4)18(14-27(2)3)20(16-10-6-5-7-11-16)21-22(28)17-12-8-9-13-19(17)32-23(21)29/h5-13,18,20,28H,14H2,1-4H3,(H,26,30)/b25-15+/t18-,20-/m1/s1. The number of amides is 1. The predicted octanol–water partition coefficient (Wildman–Crippen LogP) is 3.54. The maximum Gasteiger partial charge on any atom is 0.427 e. The van der Waals surface area contributed by atoms with Crippen molar-refractivity contribution < 1.29 is 19.1 Å². The molecule has 0 spiro atoms. The summed E-state index contributed by atoms with van der Waals surface area (Å²) in [5.74, 6) is -1.08. The van der Waals surface area contributed by atoms with Crippen molar-refractivity contribution in [2.24, 2.45) is 11.0 Å². The number of hydrogen-bond donors (Lipinski definition) is 2. The Morgan fingerprint density at radius 3 is 2.47 bits per heavy atom. The van der Waals surface area contributed by atoms with Crippen molar-refractivity contribution in [1.29, 1.82) is 0 Å². The molecule has 8 heteroatoms.